The molecule has 50 heavy (non-hydrogen) atoms. The Morgan fingerprint density at radius 2 is 1.74 bits per heavy atom. The first-order valence-electron chi connectivity index (χ1n) is 16.4. The molecule has 5 aromatic rings. The highest BCUT2D eigenvalue weighted by atomic mass is 19.1. The molecule has 12 nitrogen and oxygen atoms in total. The molecule has 8 rings (SSSR count). The number of nitrogens with zero attached hydrogens (tertiary/aromatic N) is 6. The fourth-order valence-electron chi connectivity index (χ4n) is 7.12. The first-order valence-corrected chi connectivity index (χ1v) is 16.4. The number of ether oxygens (including phenoxy) is 1. The van der Waals surface area contributed by atoms with Gasteiger partial charge in [-0.15, -0.1) is 0 Å². The number of halogens is 2. The summed E-state index contributed by atoms with van der Waals surface area (Å²) in [4.78, 5) is 48.8. The summed E-state index contributed by atoms with van der Waals surface area (Å²) in [6, 6.07) is 18.4. The van der Waals surface area contributed by atoms with Crippen molar-refractivity contribution < 1.29 is 27.9 Å². The van der Waals surface area contributed by atoms with Crippen molar-refractivity contribution in [1.82, 2.24) is 34.9 Å². The van der Waals surface area contributed by atoms with Gasteiger partial charge in [0.25, 0.3) is 5.91 Å². The zero-order valence-corrected chi connectivity index (χ0v) is 26.8. The number of amides is 3. The third kappa shape index (κ3) is 5.60. The number of nitrogens with one attached hydrogen (secondary N) is 1. The van der Waals surface area contributed by atoms with Gasteiger partial charge in [-0.3, -0.25) is 24.6 Å². The molecule has 3 N–H and O–H groups in total. The minimum absolute atomic E-state index is 0.0191. The number of likely N-dealkylation sites (tertiary alicyclic amines) is 1. The number of imide groups is 1. The highest BCUT2D eigenvalue weighted by Crippen LogP contribution is 2.37. The smallest absolute Gasteiger partial charge is 0.255 e. The number of anilines is 1. The van der Waals surface area contributed by atoms with Gasteiger partial charge in [-0.05, 0) is 55.3 Å². The van der Waals surface area contributed by atoms with Gasteiger partial charge in [0, 0.05) is 48.3 Å². The lowest BCUT2D eigenvalue weighted by Gasteiger charge is -2.35. The summed E-state index contributed by atoms with van der Waals surface area (Å²) in [5.41, 5.74) is 8.74. The van der Waals surface area contributed by atoms with E-state index in [-0.39, 0.29) is 49.4 Å². The zero-order valence-electron chi connectivity index (χ0n) is 26.8. The van der Waals surface area contributed by atoms with Crippen LogP contribution in [-0.4, -0.2) is 72.6 Å². The lowest BCUT2D eigenvalue weighted by Crippen LogP contribution is -2.52. The van der Waals surface area contributed by atoms with Crippen LogP contribution in [0, 0.1) is 5.82 Å². The standard InChI is InChI=1S/C36H32F2N8O4/c37-26-18-44(16-21-8-11-24-25(31(21)38)17-45(36(24)49)28-12-13-29(47)42-35(28)48)15-14-27(26)46-34-30(33(39)40-19-41-34)32(43-46)20-6-9-23(10-7-20)50-22-4-2-1-3-5-22/h1-11,19,26-28H,12-18H2,(H2,39,40,41)(H,42,47,48)/t26-,27-,28?/m0/s1. The Balaban J connectivity index is 0.988. The van der Waals surface area contributed by atoms with Gasteiger partial charge in [0.2, 0.25) is 11.8 Å². The number of nitrogen functional groups attached to an aromatic ring is 1. The maximum atomic E-state index is 16.1. The summed E-state index contributed by atoms with van der Waals surface area (Å²) >= 11 is 0. The number of carbonyl (C=O) groups excluding carboxylic acids is 3. The second-order valence-corrected chi connectivity index (χ2v) is 12.8. The molecule has 3 aromatic carbocycles. The van der Waals surface area contributed by atoms with Crippen molar-refractivity contribution in [2.75, 3.05) is 18.8 Å². The summed E-state index contributed by atoms with van der Waals surface area (Å²) in [6.07, 6.45) is 0.645. The van der Waals surface area contributed by atoms with Crippen LogP contribution in [0.4, 0.5) is 14.6 Å². The van der Waals surface area contributed by atoms with Crippen molar-refractivity contribution in [3.8, 4) is 22.8 Å². The largest absolute Gasteiger partial charge is 0.457 e. The number of hydrogen-bond acceptors (Lipinski definition) is 9. The number of para-hydroxylation sites is 1. The summed E-state index contributed by atoms with van der Waals surface area (Å²) < 4.78 is 39.4. The van der Waals surface area contributed by atoms with Gasteiger partial charge < -0.3 is 15.4 Å². The molecule has 1 unspecified atom stereocenters. The Kier molecular flexibility index (Phi) is 7.94. The van der Waals surface area contributed by atoms with Gasteiger partial charge in [0.15, 0.2) is 5.65 Å². The third-order valence-electron chi connectivity index (χ3n) is 9.65. The van der Waals surface area contributed by atoms with Gasteiger partial charge in [-0.1, -0.05) is 24.3 Å². The van der Waals surface area contributed by atoms with Gasteiger partial charge in [0.05, 0.1) is 18.0 Å². The van der Waals surface area contributed by atoms with Gasteiger partial charge in [-0.25, -0.2) is 23.4 Å². The normalized spacial score (nSPS) is 21.0. The molecule has 0 spiro atoms. The summed E-state index contributed by atoms with van der Waals surface area (Å²) in [7, 11) is 0. The van der Waals surface area contributed by atoms with E-state index in [1.54, 1.807) is 16.8 Å². The van der Waals surface area contributed by atoms with E-state index >= 15 is 8.78 Å². The lowest BCUT2D eigenvalue weighted by molar-refractivity contribution is -0.136. The van der Waals surface area contributed by atoms with Gasteiger partial charge >= 0.3 is 0 Å². The molecule has 5 heterocycles. The van der Waals surface area contributed by atoms with Crippen LogP contribution in [0.3, 0.4) is 0 Å². The van der Waals surface area contributed by atoms with Crippen LogP contribution < -0.4 is 15.8 Å². The number of hydrogen-bond donors (Lipinski definition) is 2. The molecule has 0 radical (unpaired) electrons. The number of rotatable bonds is 7. The van der Waals surface area contributed by atoms with E-state index in [1.165, 1.54) is 11.2 Å². The Hall–Kier alpha value is -5.76. The number of piperidine rings is 2. The van der Waals surface area contributed by atoms with E-state index in [9.17, 15) is 14.4 Å². The number of benzene rings is 3. The Morgan fingerprint density at radius 1 is 0.960 bits per heavy atom. The summed E-state index contributed by atoms with van der Waals surface area (Å²) in [5.74, 6) is -0.361. The maximum absolute atomic E-state index is 16.1. The highest BCUT2D eigenvalue weighted by molar-refractivity contribution is 6.05. The van der Waals surface area contributed by atoms with Crippen molar-refractivity contribution in [2.45, 2.75) is 50.6 Å². The molecule has 3 atom stereocenters. The molecule has 2 aromatic heterocycles. The van der Waals surface area contributed by atoms with Crippen LogP contribution in [-0.2, 0) is 22.7 Å². The first-order chi connectivity index (χ1) is 24.2. The molecule has 0 saturated carbocycles. The van der Waals surface area contributed by atoms with Crippen LogP contribution in [0.25, 0.3) is 22.3 Å². The Bertz CT molecular complexity index is 2140. The molecule has 3 aliphatic heterocycles. The SMILES string of the molecule is Nc1ncnc2c1c(-c1ccc(Oc3ccccc3)cc1)nn2[C@H]1CCN(Cc2ccc3c(c2F)CN(C2CCC(=O)NC2=O)C3=O)C[C@@H]1F. The molecular formula is C36H32F2N8O4. The van der Waals surface area contributed by atoms with E-state index < -0.39 is 41.8 Å². The molecule has 3 aliphatic rings. The van der Waals surface area contributed by atoms with Gasteiger partial charge in [-0.2, -0.15) is 5.10 Å². The summed E-state index contributed by atoms with van der Waals surface area (Å²) in [5, 5.41) is 7.60. The minimum Gasteiger partial charge on any atom is -0.457 e. The van der Waals surface area contributed by atoms with E-state index in [2.05, 4.69) is 15.3 Å². The van der Waals surface area contributed by atoms with Crippen molar-refractivity contribution in [3.63, 3.8) is 0 Å². The molecule has 14 heteroatoms. The number of carbonyl (C=O) groups is 3. The van der Waals surface area contributed by atoms with Crippen molar-refractivity contribution in [3.05, 3.63) is 95.6 Å². The second kappa shape index (κ2) is 12.6. The number of aromatic nitrogens is 4. The quantitative estimate of drug-likeness (QED) is 0.237. The van der Waals surface area contributed by atoms with Crippen molar-refractivity contribution in [1.29, 1.82) is 0 Å². The molecule has 3 amide bonds. The maximum Gasteiger partial charge on any atom is 0.255 e. The average Bonchev–Trinajstić information content (AvgIpc) is 3.66. The fourth-order valence-corrected chi connectivity index (χ4v) is 7.12. The summed E-state index contributed by atoms with van der Waals surface area (Å²) in [6.45, 7) is 0.532. The zero-order chi connectivity index (χ0) is 34.5. The van der Waals surface area contributed by atoms with Crippen molar-refractivity contribution in [2.24, 2.45) is 0 Å². The topological polar surface area (TPSA) is 149 Å². The predicted octanol–water partition coefficient (Wildman–Crippen LogP) is 4.55. The molecule has 0 aliphatic carbocycles. The van der Waals surface area contributed by atoms with Crippen LogP contribution in [0.15, 0.2) is 73.1 Å². The number of alkyl halides is 1. The molecule has 0 bridgehead atoms. The van der Waals surface area contributed by atoms with Crippen LogP contribution >= 0.6 is 0 Å². The minimum atomic E-state index is -1.36. The number of fused-ring (bicyclic) bond motifs is 2. The Morgan fingerprint density at radius 3 is 2.50 bits per heavy atom. The highest BCUT2D eigenvalue weighted by Gasteiger charge is 2.41. The van der Waals surface area contributed by atoms with Crippen LogP contribution in [0.1, 0.15) is 46.8 Å². The van der Waals surface area contributed by atoms with Crippen LogP contribution in [0.5, 0.6) is 11.5 Å². The van der Waals surface area contributed by atoms with E-state index in [1.807, 2.05) is 59.5 Å². The molecular weight excluding hydrogens is 646 g/mol. The van der Waals surface area contributed by atoms with E-state index in [0.717, 1.165) is 5.56 Å². The van der Waals surface area contributed by atoms with E-state index in [0.29, 0.717) is 46.8 Å². The predicted molar refractivity (Wildman–Crippen MR) is 178 cm³/mol. The van der Waals surface area contributed by atoms with Gasteiger partial charge in [0.1, 0.15) is 47.4 Å². The molecule has 2 fully saturated rings. The average molecular weight is 679 g/mol. The second-order valence-electron chi connectivity index (χ2n) is 12.8. The first kappa shape index (κ1) is 31.5. The Labute approximate surface area is 284 Å². The monoisotopic (exact) mass is 678 g/mol. The van der Waals surface area contributed by atoms with Crippen molar-refractivity contribution >= 4 is 34.6 Å². The van der Waals surface area contributed by atoms with E-state index in [4.69, 9.17) is 15.6 Å². The van der Waals surface area contributed by atoms with Crippen LogP contribution in [0.2, 0.25) is 0 Å². The molecule has 254 valence electrons. The molecule has 2 saturated heterocycles. The third-order valence-corrected chi connectivity index (χ3v) is 9.65. The fraction of sp³-hybridized carbons (Fsp3) is 0.278. The number of nitrogens with two attached hydrogens (primary N) is 1. The lowest BCUT2D eigenvalue weighted by atomic mass is 10.0.